The molecule has 0 radical (unpaired) electrons. The van der Waals surface area contributed by atoms with E-state index < -0.39 is 30.5 Å². The van der Waals surface area contributed by atoms with Gasteiger partial charge in [-0.15, -0.1) is 0 Å². The number of benzene rings is 1. The van der Waals surface area contributed by atoms with Crippen molar-refractivity contribution in [3.05, 3.63) is 35.4 Å². The van der Waals surface area contributed by atoms with E-state index in [0.29, 0.717) is 5.56 Å². The van der Waals surface area contributed by atoms with Crippen LogP contribution in [-0.4, -0.2) is 29.2 Å². The molecule has 0 aliphatic heterocycles. The zero-order valence-corrected chi connectivity index (χ0v) is 11.7. The molecule has 4 nitrogen and oxygen atoms in total. The summed E-state index contributed by atoms with van der Waals surface area (Å²) in [6.07, 6.45) is -3.73. The third kappa shape index (κ3) is 4.75. The maximum atomic E-state index is 12.1. The molecule has 7 heteroatoms. The number of alkyl halides is 3. The second kappa shape index (κ2) is 6.37. The molecule has 22 heavy (non-hydrogen) atoms. The van der Waals surface area contributed by atoms with Gasteiger partial charge in [0.2, 0.25) is 0 Å². The van der Waals surface area contributed by atoms with E-state index in [2.05, 4.69) is 5.32 Å². The average molecular weight is 315 g/mol. The number of carbonyl (C=O) groups excluding carboxylic acids is 1. The first kappa shape index (κ1) is 16.3. The minimum Gasteiger partial charge on any atom is -0.480 e. The Morgan fingerprint density at radius 3 is 2.27 bits per heavy atom. The molecule has 1 aromatic carbocycles. The molecule has 1 fully saturated rings. The highest BCUT2D eigenvalue weighted by molar-refractivity contribution is 5.96. The zero-order chi connectivity index (χ0) is 16.3. The van der Waals surface area contributed by atoms with Gasteiger partial charge in [-0.2, -0.15) is 13.2 Å². The molecule has 2 N–H and O–H groups in total. The second-order valence-electron chi connectivity index (χ2n) is 5.44. The summed E-state index contributed by atoms with van der Waals surface area (Å²) < 4.78 is 36.4. The molecular weight excluding hydrogens is 299 g/mol. The normalized spacial score (nSPS) is 16.1. The number of carboxylic acids is 1. The highest BCUT2D eigenvalue weighted by atomic mass is 19.4. The van der Waals surface area contributed by atoms with Crippen LogP contribution in [0.25, 0.3) is 0 Å². The Morgan fingerprint density at radius 1 is 1.23 bits per heavy atom. The predicted octanol–water partition coefficient (Wildman–Crippen LogP) is 2.77. The van der Waals surface area contributed by atoms with Gasteiger partial charge in [-0.3, -0.25) is 4.79 Å². The summed E-state index contributed by atoms with van der Waals surface area (Å²) >= 11 is 0. The number of carbonyl (C=O) groups is 2. The molecule has 1 saturated carbocycles. The van der Waals surface area contributed by atoms with Gasteiger partial charge in [-0.25, -0.2) is 4.79 Å². The van der Waals surface area contributed by atoms with Gasteiger partial charge in [0.15, 0.2) is 0 Å². The topological polar surface area (TPSA) is 66.4 Å². The van der Waals surface area contributed by atoms with Crippen LogP contribution in [0.4, 0.5) is 13.2 Å². The van der Waals surface area contributed by atoms with E-state index >= 15 is 0 Å². The fourth-order valence-corrected chi connectivity index (χ4v) is 2.14. The highest BCUT2D eigenvalue weighted by Crippen LogP contribution is 2.32. The van der Waals surface area contributed by atoms with Gasteiger partial charge >= 0.3 is 12.1 Å². The zero-order valence-electron chi connectivity index (χ0n) is 11.7. The molecular formula is C15H16F3NO3. The summed E-state index contributed by atoms with van der Waals surface area (Å²) in [5, 5.41) is 11.5. The molecule has 0 bridgehead atoms. The number of amides is 1. The highest BCUT2D eigenvalue weighted by Gasteiger charge is 2.37. The van der Waals surface area contributed by atoms with Crippen LogP contribution in [0.15, 0.2) is 24.3 Å². The first-order chi connectivity index (χ1) is 10.3. The maximum Gasteiger partial charge on any atom is 0.389 e. The van der Waals surface area contributed by atoms with E-state index in [9.17, 15) is 22.8 Å². The van der Waals surface area contributed by atoms with Gasteiger partial charge in [0.25, 0.3) is 5.91 Å². The lowest BCUT2D eigenvalue weighted by Gasteiger charge is -2.13. The number of nitrogens with one attached hydrogen (secondary N) is 1. The number of halogens is 3. The van der Waals surface area contributed by atoms with E-state index in [0.717, 1.165) is 12.8 Å². The van der Waals surface area contributed by atoms with Crippen LogP contribution in [-0.2, 0) is 11.2 Å². The van der Waals surface area contributed by atoms with Gasteiger partial charge in [-0.05, 0) is 42.9 Å². The van der Waals surface area contributed by atoms with Crippen molar-refractivity contribution in [2.75, 3.05) is 0 Å². The number of aryl methyl sites for hydroxylation is 1. The minimum absolute atomic E-state index is 0.0347. The van der Waals surface area contributed by atoms with Crippen LogP contribution in [0.2, 0.25) is 0 Å². The van der Waals surface area contributed by atoms with Crippen LogP contribution in [0, 0.1) is 5.92 Å². The minimum atomic E-state index is -4.21. The van der Waals surface area contributed by atoms with Crippen molar-refractivity contribution in [1.82, 2.24) is 5.32 Å². The van der Waals surface area contributed by atoms with Crippen LogP contribution in [0.1, 0.15) is 35.2 Å². The van der Waals surface area contributed by atoms with Crippen molar-refractivity contribution in [2.24, 2.45) is 5.92 Å². The number of hydrogen-bond acceptors (Lipinski definition) is 2. The van der Waals surface area contributed by atoms with Crippen molar-refractivity contribution in [1.29, 1.82) is 0 Å². The van der Waals surface area contributed by atoms with Crippen LogP contribution in [0.3, 0.4) is 0 Å². The van der Waals surface area contributed by atoms with E-state index in [4.69, 9.17) is 5.11 Å². The molecule has 0 aromatic heterocycles. The number of rotatable bonds is 6. The summed E-state index contributed by atoms with van der Waals surface area (Å²) in [6.45, 7) is 0. The standard InChI is InChI=1S/C15H16F3NO3/c16-15(17,18)8-7-9-1-3-11(4-2-9)13(20)19-12(14(21)22)10-5-6-10/h1-4,10,12H,5-8H2,(H,19,20)(H,21,22). The molecule has 1 aromatic rings. The molecule has 1 amide bonds. The Morgan fingerprint density at radius 2 is 1.82 bits per heavy atom. The molecule has 0 heterocycles. The fraction of sp³-hybridized carbons (Fsp3) is 0.467. The lowest BCUT2D eigenvalue weighted by Crippen LogP contribution is -2.42. The van der Waals surface area contributed by atoms with E-state index in [-0.39, 0.29) is 17.9 Å². The smallest absolute Gasteiger partial charge is 0.389 e. The van der Waals surface area contributed by atoms with Crippen molar-refractivity contribution >= 4 is 11.9 Å². The molecule has 120 valence electrons. The SMILES string of the molecule is O=C(NC(C(=O)O)C1CC1)c1ccc(CCC(F)(F)F)cc1. The third-order valence-corrected chi connectivity index (χ3v) is 3.56. The predicted molar refractivity (Wildman–Crippen MR) is 72.4 cm³/mol. The van der Waals surface area contributed by atoms with Gasteiger partial charge in [0.1, 0.15) is 6.04 Å². The first-order valence-corrected chi connectivity index (χ1v) is 6.95. The Labute approximate surface area is 125 Å². The van der Waals surface area contributed by atoms with Gasteiger partial charge < -0.3 is 10.4 Å². The van der Waals surface area contributed by atoms with E-state index in [1.54, 1.807) is 0 Å². The Kier molecular flexibility index (Phi) is 4.73. The Balaban J connectivity index is 1.94. The Bertz CT molecular complexity index is 550. The molecule has 0 spiro atoms. The quantitative estimate of drug-likeness (QED) is 0.848. The number of carboxylic acid groups (broad SMARTS) is 1. The third-order valence-electron chi connectivity index (χ3n) is 3.56. The van der Waals surface area contributed by atoms with Gasteiger partial charge in [0, 0.05) is 12.0 Å². The first-order valence-electron chi connectivity index (χ1n) is 6.95. The lowest BCUT2D eigenvalue weighted by molar-refractivity contribution is -0.139. The molecule has 1 aliphatic rings. The van der Waals surface area contributed by atoms with Gasteiger partial charge in [-0.1, -0.05) is 12.1 Å². The van der Waals surface area contributed by atoms with Gasteiger partial charge in [0.05, 0.1) is 0 Å². The van der Waals surface area contributed by atoms with E-state index in [1.807, 2.05) is 0 Å². The Hall–Kier alpha value is -2.05. The monoisotopic (exact) mass is 315 g/mol. The van der Waals surface area contributed by atoms with Crippen molar-refractivity contribution in [3.63, 3.8) is 0 Å². The summed E-state index contributed by atoms with van der Waals surface area (Å²) in [7, 11) is 0. The fourth-order valence-electron chi connectivity index (χ4n) is 2.14. The molecule has 1 atom stereocenters. The molecule has 2 rings (SSSR count). The van der Waals surface area contributed by atoms with Crippen molar-refractivity contribution in [3.8, 4) is 0 Å². The largest absolute Gasteiger partial charge is 0.480 e. The number of aliphatic carboxylic acids is 1. The van der Waals surface area contributed by atoms with Crippen molar-refractivity contribution in [2.45, 2.75) is 37.9 Å². The summed E-state index contributed by atoms with van der Waals surface area (Å²) in [6, 6.07) is 4.82. The van der Waals surface area contributed by atoms with Crippen LogP contribution < -0.4 is 5.32 Å². The molecule has 0 saturated heterocycles. The number of hydrogen-bond donors (Lipinski definition) is 2. The van der Waals surface area contributed by atoms with Crippen LogP contribution in [0.5, 0.6) is 0 Å². The average Bonchev–Trinajstić information content (AvgIpc) is 3.26. The summed E-state index contributed by atoms with van der Waals surface area (Å²) in [5.74, 6) is -1.63. The lowest BCUT2D eigenvalue weighted by atomic mass is 10.1. The summed E-state index contributed by atoms with van der Waals surface area (Å²) in [5.41, 5.74) is 0.716. The molecule has 1 aliphatic carbocycles. The molecule has 1 unspecified atom stereocenters. The van der Waals surface area contributed by atoms with Crippen LogP contribution >= 0.6 is 0 Å². The van der Waals surface area contributed by atoms with E-state index in [1.165, 1.54) is 24.3 Å². The maximum absolute atomic E-state index is 12.1. The second-order valence-corrected chi connectivity index (χ2v) is 5.44. The summed E-state index contributed by atoms with van der Waals surface area (Å²) in [4.78, 5) is 23.0. The van der Waals surface area contributed by atoms with Crippen molar-refractivity contribution < 1.29 is 27.9 Å².